The van der Waals surface area contributed by atoms with Crippen LogP contribution in [0.2, 0.25) is 0 Å². The molecule has 0 unspecified atom stereocenters. The van der Waals surface area contributed by atoms with Gasteiger partial charge in [0.15, 0.2) is 0 Å². The second-order valence-electron chi connectivity index (χ2n) is 3.50. The Bertz CT molecular complexity index is 339. The van der Waals surface area contributed by atoms with Crippen molar-refractivity contribution < 1.29 is 14.6 Å². The van der Waals surface area contributed by atoms with Crippen LogP contribution in [0.3, 0.4) is 0 Å². The molecule has 1 aromatic carbocycles. The number of aromatic hydroxyl groups is 1. The molecule has 0 heterocycles. The fourth-order valence-electron chi connectivity index (χ4n) is 1.32. The summed E-state index contributed by atoms with van der Waals surface area (Å²) in [7, 11) is 1.61. The van der Waals surface area contributed by atoms with Gasteiger partial charge in [-0.15, -0.1) is 0 Å². The van der Waals surface area contributed by atoms with Gasteiger partial charge in [-0.3, -0.25) is 4.79 Å². The first-order valence-corrected chi connectivity index (χ1v) is 5.26. The number of nitrogens with one attached hydrogen (secondary N) is 1. The van der Waals surface area contributed by atoms with Gasteiger partial charge in [-0.25, -0.2) is 0 Å². The molecule has 0 aliphatic heterocycles. The van der Waals surface area contributed by atoms with Crippen LogP contribution in [0, 0.1) is 0 Å². The highest BCUT2D eigenvalue weighted by Crippen LogP contribution is 2.14. The quantitative estimate of drug-likeness (QED) is 0.717. The monoisotopic (exact) mass is 223 g/mol. The number of ether oxygens (including phenoxy) is 1. The largest absolute Gasteiger partial charge is 0.508 e. The van der Waals surface area contributed by atoms with E-state index < -0.39 is 0 Å². The number of para-hydroxylation sites is 1. The van der Waals surface area contributed by atoms with Crippen LogP contribution in [0.15, 0.2) is 24.3 Å². The summed E-state index contributed by atoms with van der Waals surface area (Å²) in [5.74, 6) is 0.181. The number of carbonyl (C=O) groups excluding carboxylic acids is 1. The Morgan fingerprint density at radius 1 is 1.44 bits per heavy atom. The summed E-state index contributed by atoms with van der Waals surface area (Å²) in [4.78, 5) is 11.4. The zero-order valence-electron chi connectivity index (χ0n) is 9.40. The predicted molar refractivity (Wildman–Crippen MR) is 61.1 cm³/mol. The molecule has 2 N–H and O–H groups in total. The molecular weight excluding hydrogens is 206 g/mol. The van der Waals surface area contributed by atoms with Crippen LogP contribution >= 0.6 is 0 Å². The Morgan fingerprint density at radius 2 is 2.19 bits per heavy atom. The molecular formula is C12H17NO3. The first kappa shape index (κ1) is 12.5. The predicted octanol–water partition coefficient (Wildman–Crippen LogP) is 1.43. The minimum absolute atomic E-state index is 0.0275. The lowest BCUT2D eigenvalue weighted by Crippen LogP contribution is -2.22. The minimum Gasteiger partial charge on any atom is -0.508 e. The lowest BCUT2D eigenvalue weighted by molar-refractivity contribution is -0.121. The molecule has 0 bridgehead atoms. The number of hydrogen-bond acceptors (Lipinski definition) is 3. The number of methoxy groups -OCH3 is 1. The van der Waals surface area contributed by atoms with Crippen LogP contribution in [-0.2, 0) is 16.1 Å². The maximum Gasteiger partial charge on any atom is 0.220 e. The Kier molecular flexibility index (Phi) is 5.36. The molecule has 0 spiro atoms. The highest BCUT2D eigenvalue weighted by atomic mass is 16.5. The summed E-state index contributed by atoms with van der Waals surface area (Å²) in [5.41, 5.74) is 0.725. The van der Waals surface area contributed by atoms with E-state index in [9.17, 15) is 9.90 Å². The van der Waals surface area contributed by atoms with Gasteiger partial charge < -0.3 is 15.2 Å². The average Bonchev–Trinajstić information content (AvgIpc) is 2.28. The topological polar surface area (TPSA) is 58.6 Å². The Labute approximate surface area is 95.2 Å². The molecule has 4 nitrogen and oxygen atoms in total. The molecule has 0 saturated carbocycles. The maximum absolute atomic E-state index is 11.4. The zero-order chi connectivity index (χ0) is 11.8. The molecule has 0 atom stereocenters. The highest BCUT2D eigenvalue weighted by molar-refractivity contribution is 5.75. The van der Waals surface area contributed by atoms with E-state index in [1.807, 2.05) is 6.07 Å². The third-order valence-corrected chi connectivity index (χ3v) is 2.22. The Balaban J connectivity index is 2.29. The standard InChI is InChI=1S/C12H17NO3/c1-16-8-4-7-12(15)13-9-10-5-2-3-6-11(10)14/h2-3,5-6,14H,4,7-9H2,1H3,(H,13,15). The number of hydrogen-bond donors (Lipinski definition) is 2. The molecule has 1 aromatic rings. The number of phenolic OH excluding ortho intramolecular Hbond substituents is 1. The lowest BCUT2D eigenvalue weighted by Gasteiger charge is -2.06. The van der Waals surface area contributed by atoms with Crippen molar-refractivity contribution in [3.63, 3.8) is 0 Å². The number of amides is 1. The van der Waals surface area contributed by atoms with E-state index in [2.05, 4.69) is 5.32 Å². The van der Waals surface area contributed by atoms with Crippen molar-refractivity contribution >= 4 is 5.91 Å². The molecule has 0 aromatic heterocycles. The van der Waals surface area contributed by atoms with Gasteiger partial charge in [-0.05, 0) is 12.5 Å². The molecule has 1 rings (SSSR count). The van der Waals surface area contributed by atoms with Crippen molar-refractivity contribution in [2.24, 2.45) is 0 Å². The van der Waals surface area contributed by atoms with E-state index in [0.29, 0.717) is 26.0 Å². The van der Waals surface area contributed by atoms with Crippen LogP contribution in [-0.4, -0.2) is 24.7 Å². The lowest BCUT2D eigenvalue weighted by atomic mass is 10.2. The van der Waals surface area contributed by atoms with Gasteiger partial charge in [-0.1, -0.05) is 18.2 Å². The maximum atomic E-state index is 11.4. The summed E-state index contributed by atoms with van der Waals surface area (Å²) in [6.07, 6.45) is 1.16. The molecule has 0 saturated heterocycles. The van der Waals surface area contributed by atoms with Crippen molar-refractivity contribution in [3.05, 3.63) is 29.8 Å². The SMILES string of the molecule is COCCCC(=O)NCc1ccccc1O. The zero-order valence-corrected chi connectivity index (χ0v) is 9.40. The summed E-state index contributed by atoms with van der Waals surface area (Å²) in [6.45, 7) is 0.947. The third kappa shape index (κ3) is 4.31. The van der Waals surface area contributed by atoms with Crippen LogP contribution < -0.4 is 5.32 Å². The normalized spacial score (nSPS) is 10.1. The summed E-state index contributed by atoms with van der Waals surface area (Å²) < 4.78 is 4.85. The van der Waals surface area contributed by atoms with E-state index >= 15 is 0 Å². The van der Waals surface area contributed by atoms with Crippen molar-refractivity contribution in [1.82, 2.24) is 5.32 Å². The van der Waals surface area contributed by atoms with Crippen molar-refractivity contribution in [2.75, 3.05) is 13.7 Å². The molecule has 0 radical (unpaired) electrons. The van der Waals surface area contributed by atoms with E-state index in [0.717, 1.165) is 5.56 Å². The van der Waals surface area contributed by atoms with E-state index in [4.69, 9.17) is 4.74 Å². The van der Waals surface area contributed by atoms with Crippen LogP contribution in [0.5, 0.6) is 5.75 Å². The van der Waals surface area contributed by atoms with E-state index in [1.165, 1.54) is 0 Å². The number of rotatable bonds is 6. The second-order valence-corrected chi connectivity index (χ2v) is 3.50. The van der Waals surface area contributed by atoms with E-state index in [1.54, 1.807) is 25.3 Å². The van der Waals surface area contributed by atoms with Crippen LogP contribution in [0.25, 0.3) is 0 Å². The molecule has 1 amide bonds. The molecule has 4 heteroatoms. The van der Waals surface area contributed by atoms with E-state index in [-0.39, 0.29) is 11.7 Å². The summed E-state index contributed by atoms with van der Waals surface area (Å²) in [6, 6.07) is 6.96. The van der Waals surface area contributed by atoms with Gasteiger partial charge in [0.25, 0.3) is 0 Å². The van der Waals surface area contributed by atoms with Crippen LogP contribution in [0.1, 0.15) is 18.4 Å². The van der Waals surface area contributed by atoms with Gasteiger partial charge in [0.05, 0.1) is 0 Å². The third-order valence-electron chi connectivity index (χ3n) is 2.22. The van der Waals surface area contributed by atoms with Gasteiger partial charge in [0.2, 0.25) is 5.91 Å². The molecule has 16 heavy (non-hydrogen) atoms. The smallest absolute Gasteiger partial charge is 0.220 e. The van der Waals surface area contributed by atoms with Gasteiger partial charge in [0.1, 0.15) is 5.75 Å². The molecule has 0 aliphatic rings. The average molecular weight is 223 g/mol. The second kappa shape index (κ2) is 6.85. The van der Waals surface area contributed by atoms with Gasteiger partial charge in [-0.2, -0.15) is 0 Å². The van der Waals surface area contributed by atoms with Crippen molar-refractivity contribution in [2.45, 2.75) is 19.4 Å². The van der Waals surface area contributed by atoms with Crippen molar-refractivity contribution in [1.29, 1.82) is 0 Å². The number of carbonyl (C=O) groups is 1. The number of benzene rings is 1. The molecule has 88 valence electrons. The van der Waals surface area contributed by atoms with Crippen LogP contribution in [0.4, 0.5) is 0 Å². The minimum atomic E-state index is -0.0275. The van der Waals surface area contributed by atoms with Gasteiger partial charge >= 0.3 is 0 Å². The first-order valence-electron chi connectivity index (χ1n) is 5.26. The highest BCUT2D eigenvalue weighted by Gasteiger charge is 2.03. The molecule has 0 fully saturated rings. The number of phenols is 1. The summed E-state index contributed by atoms with van der Waals surface area (Å²) >= 11 is 0. The van der Waals surface area contributed by atoms with Crippen molar-refractivity contribution in [3.8, 4) is 5.75 Å². The van der Waals surface area contributed by atoms with Gasteiger partial charge in [0, 0.05) is 32.2 Å². The Hall–Kier alpha value is -1.55. The first-order chi connectivity index (χ1) is 7.74. The fraction of sp³-hybridized carbons (Fsp3) is 0.417. The summed E-state index contributed by atoms with van der Waals surface area (Å²) in [5, 5.41) is 12.2. The Morgan fingerprint density at radius 3 is 2.88 bits per heavy atom. The molecule has 0 aliphatic carbocycles. The fourth-order valence-corrected chi connectivity index (χ4v) is 1.32.